The van der Waals surface area contributed by atoms with Crippen LogP contribution in [0.5, 0.6) is 11.5 Å². The van der Waals surface area contributed by atoms with E-state index in [2.05, 4.69) is 28.2 Å². The summed E-state index contributed by atoms with van der Waals surface area (Å²) >= 11 is 9.43. The number of benzene rings is 2. The van der Waals surface area contributed by atoms with E-state index in [1.54, 1.807) is 18.2 Å². The molecule has 21 heavy (non-hydrogen) atoms. The van der Waals surface area contributed by atoms with E-state index in [1.807, 2.05) is 19.1 Å². The Morgan fingerprint density at radius 2 is 1.95 bits per heavy atom. The molecular weight excluding hydrogens is 357 g/mol. The Morgan fingerprint density at radius 1 is 1.24 bits per heavy atom. The molecule has 0 aliphatic heterocycles. The van der Waals surface area contributed by atoms with E-state index in [1.165, 1.54) is 6.07 Å². The van der Waals surface area contributed by atoms with Crippen LogP contribution < -0.4 is 10.1 Å². The second-order valence-corrected chi connectivity index (χ2v) is 5.97. The van der Waals surface area contributed by atoms with Gasteiger partial charge in [-0.2, -0.15) is 0 Å². The summed E-state index contributed by atoms with van der Waals surface area (Å²) in [7, 11) is 0. The number of nitrogens with one attached hydrogen (secondary N) is 1. The van der Waals surface area contributed by atoms with E-state index < -0.39 is 5.82 Å². The Morgan fingerprint density at radius 3 is 2.57 bits per heavy atom. The minimum Gasteiger partial charge on any atom is -0.453 e. The van der Waals surface area contributed by atoms with Crippen LogP contribution in [0.1, 0.15) is 25.5 Å². The van der Waals surface area contributed by atoms with Gasteiger partial charge < -0.3 is 10.1 Å². The standard InChI is InChI=1S/C16H16BrClFNO/c1-3-20-10(2)11-4-6-15(13(18)8-11)21-16-7-5-12(17)9-14(16)19/h4-10,20H,3H2,1-2H3. The largest absolute Gasteiger partial charge is 0.453 e. The van der Waals surface area contributed by atoms with Crippen LogP contribution in [0.3, 0.4) is 0 Å². The molecule has 0 bridgehead atoms. The second-order valence-electron chi connectivity index (χ2n) is 4.65. The summed E-state index contributed by atoms with van der Waals surface area (Å²) in [6, 6.07) is 10.3. The van der Waals surface area contributed by atoms with Crippen molar-refractivity contribution in [3.63, 3.8) is 0 Å². The molecule has 0 amide bonds. The molecule has 0 fully saturated rings. The first-order valence-corrected chi connectivity index (χ1v) is 7.84. The first kappa shape index (κ1) is 16.3. The minimum atomic E-state index is -0.439. The Hall–Kier alpha value is -1.10. The first-order chi connectivity index (χ1) is 10.0. The predicted octanol–water partition coefficient (Wildman–Crippen LogP) is 5.70. The minimum absolute atomic E-state index is 0.146. The first-order valence-electron chi connectivity index (χ1n) is 6.67. The maximum absolute atomic E-state index is 13.8. The molecule has 112 valence electrons. The number of rotatable bonds is 5. The van der Waals surface area contributed by atoms with Crippen molar-refractivity contribution >= 4 is 27.5 Å². The predicted molar refractivity (Wildman–Crippen MR) is 87.7 cm³/mol. The molecule has 0 radical (unpaired) electrons. The summed E-state index contributed by atoms with van der Waals surface area (Å²) < 4.78 is 20.0. The Bertz CT molecular complexity index is 636. The van der Waals surface area contributed by atoms with Gasteiger partial charge in [-0.3, -0.25) is 0 Å². The summed E-state index contributed by atoms with van der Waals surface area (Å²) in [6.45, 7) is 4.98. The second kappa shape index (κ2) is 7.25. The van der Waals surface area contributed by atoms with E-state index in [0.717, 1.165) is 12.1 Å². The molecule has 0 aromatic heterocycles. The van der Waals surface area contributed by atoms with E-state index in [-0.39, 0.29) is 11.8 Å². The third-order valence-corrected chi connectivity index (χ3v) is 3.87. The lowest BCUT2D eigenvalue weighted by molar-refractivity contribution is 0.442. The van der Waals surface area contributed by atoms with Gasteiger partial charge in [-0.25, -0.2) is 4.39 Å². The van der Waals surface area contributed by atoms with Crippen LogP contribution in [-0.4, -0.2) is 6.54 Å². The normalized spacial score (nSPS) is 12.2. The van der Waals surface area contributed by atoms with Crippen LogP contribution in [0.25, 0.3) is 0 Å². The number of hydrogen-bond donors (Lipinski definition) is 1. The van der Waals surface area contributed by atoms with Crippen molar-refractivity contribution in [2.75, 3.05) is 6.54 Å². The van der Waals surface area contributed by atoms with Crippen molar-refractivity contribution < 1.29 is 9.13 Å². The van der Waals surface area contributed by atoms with Gasteiger partial charge in [0.1, 0.15) is 5.75 Å². The van der Waals surface area contributed by atoms with Crippen LogP contribution in [0.15, 0.2) is 40.9 Å². The Kier molecular flexibility index (Phi) is 5.62. The SMILES string of the molecule is CCNC(C)c1ccc(Oc2ccc(Br)cc2F)c(Cl)c1. The summed E-state index contributed by atoms with van der Waals surface area (Å²) in [5, 5.41) is 3.77. The van der Waals surface area contributed by atoms with Gasteiger partial charge in [0.2, 0.25) is 0 Å². The Labute approximate surface area is 137 Å². The topological polar surface area (TPSA) is 21.3 Å². The van der Waals surface area contributed by atoms with Crippen molar-refractivity contribution in [2.24, 2.45) is 0 Å². The zero-order valence-electron chi connectivity index (χ0n) is 11.8. The molecule has 0 spiro atoms. The molecule has 0 saturated heterocycles. The van der Waals surface area contributed by atoms with Crippen molar-refractivity contribution in [3.05, 3.63) is 57.3 Å². The van der Waals surface area contributed by atoms with Crippen LogP contribution in [0.2, 0.25) is 5.02 Å². The molecule has 0 aliphatic carbocycles. The summed E-state index contributed by atoms with van der Waals surface area (Å²) in [6.07, 6.45) is 0. The van der Waals surface area contributed by atoms with Crippen LogP contribution in [-0.2, 0) is 0 Å². The highest BCUT2D eigenvalue weighted by Crippen LogP contribution is 2.33. The molecule has 5 heteroatoms. The van der Waals surface area contributed by atoms with Crippen molar-refractivity contribution in [1.29, 1.82) is 0 Å². The quantitative estimate of drug-likeness (QED) is 0.726. The summed E-state index contributed by atoms with van der Waals surface area (Å²) in [4.78, 5) is 0. The molecule has 2 nitrogen and oxygen atoms in total. The fraction of sp³-hybridized carbons (Fsp3) is 0.250. The average molecular weight is 373 g/mol. The average Bonchev–Trinajstić information content (AvgIpc) is 2.44. The van der Waals surface area contributed by atoms with Gasteiger partial charge in [-0.05, 0) is 49.4 Å². The summed E-state index contributed by atoms with van der Waals surface area (Å²) in [5.74, 6) is 0.142. The highest BCUT2D eigenvalue weighted by atomic mass is 79.9. The fourth-order valence-corrected chi connectivity index (χ4v) is 2.53. The smallest absolute Gasteiger partial charge is 0.166 e. The molecule has 1 unspecified atom stereocenters. The van der Waals surface area contributed by atoms with Crippen molar-refractivity contribution in [3.8, 4) is 11.5 Å². The molecule has 2 aromatic rings. The van der Waals surface area contributed by atoms with Gasteiger partial charge in [-0.1, -0.05) is 40.5 Å². The highest BCUT2D eigenvalue weighted by molar-refractivity contribution is 9.10. The van der Waals surface area contributed by atoms with Crippen LogP contribution in [0, 0.1) is 5.82 Å². The van der Waals surface area contributed by atoms with E-state index in [0.29, 0.717) is 15.2 Å². The number of hydrogen-bond acceptors (Lipinski definition) is 2. The molecule has 0 saturated carbocycles. The number of halogens is 3. The van der Waals surface area contributed by atoms with Gasteiger partial charge >= 0.3 is 0 Å². The molecule has 1 atom stereocenters. The lowest BCUT2D eigenvalue weighted by Gasteiger charge is -2.15. The molecule has 0 heterocycles. The van der Waals surface area contributed by atoms with E-state index in [9.17, 15) is 4.39 Å². The lowest BCUT2D eigenvalue weighted by atomic mass is 10.1. The van der Waals surface area contributed by atoms with Gasteiger partial charge in [0, 0.05) is 10.5 Å². The summed E-state index contributed by atoms with van der Waals surface area (Å²) in [5.41, 5.74) is 1.06. The van der Waals surface area contributed by atoms with Crippen molar-refractivity contribution in [2.45, 2.75) is 19.9 Å². The molecule has 1 N–H and O–H groups in total. The van der Waals surface area contributed by atoms with Gasteiger partial charge in [0.25, 0.3) is 0 Å². The maximum Gasteiger partial charge on any atom is 0.166 e. The van der Waals surface area contributed by atoms with Crippen LogP contribution in [0.4, 0.5) is 4.39 Å². The zero-order valence-corrected chi connectivity index (χ0v) is 14.1. The van der Waals surface area contributed by atoms with E-state index in [4.69, 9.17) is 16.3 Å². The van der Waals surface area contributed by atoms with Crippen molar-refractivity contribution in [1.82, 2.24) is 5.32 Å². The van der Waals surface area contributed by atoms with Gasteiger partial charge in [0.15, 0.2) is 11.6 Å². The third-order valence-electron chi connectivity index (χ3n) is 3.08. The maximum atomic E-state index is 13.8. The van der Waals surface area contributed by atoms with Gasteiger partial charge in [-0.15, -0.1) is 0 Å². The molecular formula is C16H16BrClFNO. The molecule has 0 aliphatic rings. The third kappa shape index (κ3) is 4.19. The Balaban J connectivity index is 2.21. The zero-order chi connectivity index (χ0) is 15.4. The lowest BCUT2D eigenvalue weighted by Crippen LogP contribution is -2.17. The fourth-order valence-electron chi connectivity index (χ4n) is 1.97. The highest BCUT2D eigenvalue weighted by Gasteiger charge is 2.11. The van der Waals surface area contributed by atoms with Gasteiger partial charge in [0.05, 0.1) is 5.02 Å². The van der Waals surface area contributed by atoms with E-state index >= 15 is 0 Å². The van der Waals surface area contributed by atoms with Crippen LogP contribution >= 0.6 is 27.5 Å². The number of ether oxygens (including phenoxy) is 1. The molecule has 2 rings (SSSR count). The molecule has 2 aromatic carbocycles. The monoisotopic (exact) mass is 371 g/mol.